The van der Waals surface area contributed by atoms with Gasteiger partial charge in [-0.05, 0) is 52.3 Å². The number of carbonyl (C=O) groups excluding carboxylic acids is 1. The van der Waals surface area contributed by atoms with Crippen molar-refractivity contribution in [2.24, 2.45) is 0 Å². The minimum absolute atomic E-state index is 0.197. The molecule has 2 aliphatic rings. The zero-order chi connectivity index (χ0) is 14.1. The summed E-state index contributed by atoms with van der Waals surface area (Å²) in [5, 5.41) is 4.20. The van der Waals surface area contributed by atoms with E-state index in [9.17, 15) is 4.79 Å². The molecule has 0 N–H and O–H groups in total. The van der Waals surface area contributed by atoms with Crippen LogP contribution in [-0.2, 0) is 4.79 Å². The first-order valence-corrected chi connectivity index (χ1v) is 7.68. The third-order valence-electron chi connectivity index (χ3n) is 4.88. The lowest BCUT2D eigenvalue weighted by atomic mass is 10.0. The van der Waals surface area contributed by atoms with E-state index in [2.05, 4.69) is 21.9 Å². The molecule has 2 saturated heterocycles. The van der Waals surface area contributed by atoms with E-state index in [1.807, 2.05) is 19.2 Å². The Morgan fingerprint density at radius 1 is 1.25 bits per heavy atom. The Bertz CT molecular complexity index is 458. The van der Waals surface area contributed by atoms with E-state index >= 15 is 0 Å². The molecular weight excluding hydrogens is 252 g/mol. The summed E-state index contributed by atoms with van der Waals surface area (Å²) in [6, 6.07) is 2.62. The normalized spacial score (nSPS) is 29.0. The first-order chi connectivity index (χ1) is 9.68. The van der Waals surface area contributed by atoms with Crippen LogP contribution in [0.4, 0.5) is 0 Å². The van der Waals surface area contributed by atoms with Gasteiger partial charge in [0, 0.05) is 31.0 Å². The molecule has 5 heteroatoms. The maximum absolute atomic E-state index is 12.8. The fraction of sp³-hybridized carbons (Fsp3) is 0.733. The summed E-state index contributed by atoms with van der Waals surface area (Å²) >= 11 is 0. The lowest BCUT2D eigenvalue weighted by molar-refractivity contribution is -0.136. The average Bonchev–Trinajstić information content (AvgIpc) is 3.17. The molecule has 0 radical (unpaired) electrons. The van der Waals surface area contributed by atoms with Gasteiger partial charge < -0.3 is 9.80 Å². The molecule has 0 aliphatic carbocycles. The van der Waals surface area contributed by atoms with Crippen LogP contribution in [0.3, 0.4) is 0 Å². The summed E-state index contributed by atoms with van der Waals surface area (Å²) in [4.78, 5) is 17.3. The molecule has 3 rings (SSSR count). The molecule has 0 aromatic carbocycles. The smallest absolute Gasteiger partial charge is 0.247 e. The van der Waals surface area contributed by atoms with E-state index in [0.717, 1.165) is 25.9 Å². The summed E-state index contributed by atoms with van der Waals surface area (Å²) in [7, 11) is 2.19. The Labute approximate surface area is 120 Å². The molecule has 1 aromatic heterocycles. The number of carbonyl (C=O) groups is 1. The molecule has 1 aromatic rings. The fourth-order valence-corrected chi connectivity index (χ4v) is 3.75. The predicted octanol–water partition coefficient (Wildman–Crippen LogP) is 1.53. The highest BCUT2D eigenvalue weighted by Crippen LogP contribution is 2.30. The number of likely N-dealkylation sites (N-methyl/N-ethyl adjacent to an activating group) is 1. The largest absolute Gasteiger partial charge is 0.336 e. The number of amides is 1. The highest BCUT2D eigenvalue weighted by atomic mass is 16.2. The number of likely N-dealkylation sites (tertiary alicyclic amines) is 2. The van der Waals surface area contributed by atoms with E-state index in [1.54, 1.807) is 10.9 Å². The second kappa shape index (κ2) is 5.56. The van der Waals surface area contributed by atoms with Crippen LogP contribution in [-0.4, -0.2) is 57.7 Å². The van der Waals surface area contributed by atoms with Gasteiger partial charge in [-0.25, -0.2) is 0 Å². The van der Waals surface area contributed by atoms with Gasteiger partial charge in [0.15, 0.2) is 0 Å². The summed E-state index contributed by atoms with van der Waals surface area (Å²) in [6.45, 7) is 4.01. The molecule has 3 atom stereocenters. The van der Waals surface area contributed by atoms with E-state index in [0.29, 0.717) is 12.1 Å². The zero-order valence-corrected chi connectivity index (χ0v) is 12.4. The van der Waals surface area contributed by atoms with Gasteiger partial charge in [0.2, 0.25) is 5.91 Å². The van der Waals surface area contributed by atoms with Crippen molar-refractivity contribution in [2.45, 2.75) is 50.7 Å². The molecule has 0 unspecified atom stereocenters. The van der Waals surface area contributed by atoms with Crippen LogP contribution in [0.25, 0.3) is 0 Å². The van der Waals surface area contributed by atoms with E-state index in [-0.39, 0.29) is 11.9 Å². The summed E-state index contributed by atoms with van der Waals surface area (Å²) in [6.07, 6.45) is 8.36. The highest BCUT2D eigenvalue weighted by molar-refractivity contribution is 5.80. The summed E-state index contributed by atoms with van der Waals surface area (Å²) in [5.41, 5.74) is 0. The number of hydrogen-bond donors (Lipinski definition) is 0. The van der Waals surface area contributed by atoms with Gasteiger partial charge in [-0.15, -0.1) is 0 Å². The topological polar surface area (TPSA) is 41.4 Å². The first-order valence-electron chi connectivity index (χ1n) is 7.68. The molecule has 0 spiro atoms. The van der Waals surface area contributed by atoms with Crippen molar-refractivity contribution in [3.8, 4) is 0 Å². The Morgan fingerprint density at radius 2 is 2.00 bits per heavy atom. The molecule has 5 nitrogen and oxygen atoms in total. The zero-order valence-electron chi connectivity index (χ0n) is 12.4. The van der Waals surface area contributed by atoms with Crippen LogP contribution in [0.15, 0.2) is 18.5 Å². The van der Waals surface area contributed by atoms with Gasteiger partial charge in [0.25, 0.3) is 0 Å². The second-order valence-electron chi connectivity index (χ2n) is 6.09. The molecule has 110 valence electrons. The molecule has 0 bridgehead atoms. The van der Waals surface area contributed by atoms with Crippen molar-refractivity contribution >= 4 is 5.91 Å². The molecule has 1 amide bonds. The Hall–Kier alpha value is -1.36. The molecule has 20 heavy (non-hydrogen) atoms. The monoisotopic (exact) mass is 276 g/mol. The third-order valence-corrected chi connectivity index (χ3v) is 4.88. The van der Waals surface area contributed by atoms with Gasteiger partial charge in [-0.3, -0.25) is 9.48 Å². The number of rotatable bonds is 3. The Morgan fingerprint density at radius 3 is 2.65 bits per heavy atom. The van der Waals surface area contributed by atoms with Crippen LogP contribution < -0.4 is 0 Å². The third kappa shape index (κ3) is 2.35. The van der Waals surface area contributed by atoms with Gasteiger partial charge in [0.1, 0.15) is 6.04 Å². The van der Waals surface area contributed by atoms with Crippen molar-refractivity contribution in [1.82, 2.24) is 19.6 Å². The number of aromatic nitrogens is 2. The minimum Gasteiger partial charge on any atom is -0.336 e. The van der Waals surface area contributed by atoms with Crippen molar-refractivity contribution < 1.29 is 4.79 Å². The maximum atomic E-state index is 12.8. The van der Waals surface area contributed by atoms with Crippen LogP contribution in [0, 0.1) is 0 Å². The van der Waals surface area contributed by atoms with Crippen molar-refractivity contribution in [1.29, 1.82) is 0 Å². The predicted molar refractivity (Wildman–Crippen MR) is 77.3 cm³/mol. The number of nitrogens with zero attached hydrogens (tertiary/aromatic N) is 4. The van der Waals surface area contributed by atoms with Gasteiger partial charge in [0.05, 0.1) is 0 Å². The fourth-order valence-electron chi connectivity index (χ4n) is 3.75. The van der Waals surface area contributed by atoms with Crippen LogP contribution >= 0.6 is 0 Å². The average molecular weight is 276 g/mol. The molecular formula is C15H24N4O. The van der Waals surface area contributed by atoms with Gasteiger partial charge in [-0.2, -0.15) is 5.10 Å². The standard InChI is InChI=1S/C15H24N4O/c1-12(19-11-5-8-16-19)15(20)18-10-4-7-14(18)13-6-3-9-17(13)2/h5,8,11-14H,3-4,6-7,9-10H2,1-2H3/t12-,13+,14+/m1/s1. The van der Waals surface area contributed by atoms with Crippen LogP contribution in [0.1, 0.15) is 38.6 Å². The van der Waals surface area contributed by atoms with E-state index in [1.165, 1.54) is 12.8 Å². The Kier molecular flexibility index (Phi) is 3.78. The van der Waals surface area contributed by atoms with E-state index < -0.39 is 0 Å². The highest BCUT2D eigenvalue weighted by Gasteiger charge is 2.39. The molecule has 3 heterocycles. The van der Waals surface area contributed by atoms with Crippen molar-refractivity contribution in [2.75, 3.05) is 20.1 Å². The first kappa shape index (κ1) is 13.6. The maximum Gasteiger partial charge on any atom is 0.247 e. The molecule has 2 fully saturated rings. The van der Waals surface area contributed by atoms with Gasteiger partial charge in [-0.1, -0.05) is 0 Å². The molecule has 2 aliphatic heterocycles. The summed E-state index contributed by atoms with van der Waals surface area (Å²) < 4.78 is 1.76. The van der Waals surface area contributed by atoms with Crippen molar-refractivity contribution in [3.05, 3.63) is 18.5 Å². The molecule has 0 saturated carbocycles. The second-order valence-corrected chi connectivity index (χ2v) is 6.09. The van der Waals surface area contributed by atoms with E-state index in [4.69, 9.17) is 0 Å². The SMILES string of the molecule is C[C@H](C(=O)N1CCC[C@H]1[C@@H]1CCCN1C)n1cccn1. The lowest BCUT2D eigenvalue weighted by Crippen LogP contribution is -2.48. The Balaban J connectivity index is 1.73. The number of hydrogen-bond acceptors (Lipinski definition) is 3. The van der Waals surface area contributed by atoms with Crippen LogP contribution in [0.5, 0.6) is 0 Å². The van der Waals surface area contributed by atoms with Crippen molar-refractivity contribution in [3.63, 3.8) is 0 Å². The van der Waals surface area contributed by atoms with Gasteiger partial charge >= 0.3 is 0 Å². The summed E-state index contributed by atoms with van der Waals surface area (Å²) in [5.74, 6) is 0.219. The van der Waals surface area contributed by atoms with Crippen LogP contribution in [0.2, 0.25) is 0 Å². The lowest BCUT2D eigenvalue weighted by Gasteiger charge is -2.34. The minimum atomic E-state index is -0.197. The quantitative estimate of drug-likeness (QED) is 0.840.